The third-order valence-electron chi connectivity index (χ3n) is 3.85. The zero-order valence-corrected chi connectivity index (χ0v) is 11.9. The van der Waals surface area contributed by atoms with Crippen molar-refractivity contribution >= 4 is 5.91 Å². The molecule has 3 rings (SSSR count). The number of nitrogens with zero attached hydrogens (tertiary/aromatic N) is 3. The molecule has 0 aliphatic heterocycles. The largest absolute Gasteiger partial charge is 0.349 e. The van der Waals surface area contributed by atoms with Gasteiger partial charge in [-0.15, -0.1) is 10.2 Å². The second-order valence-electron chi connectivity index (χ2n) is 5.47. The molecule has 1 amide bonds. The molecule has 0 saturated heterocycles. The van der Waals surface area contributed by atoms with Gasteiger partial charge in [0.15, 0.2) is 5.82 Å². The molecule has 2 aromatic rings. The molecule has 5 nitrogen and oxygen atoms in total. The zero-order chi connectivity index (χ0) is 15.6. The molecule has 1 atom stereocenters. The Kier molecular flexibility index (Phi) is 3.87. The van der Waals surface area contributed by atoms with Crippen LogP contribution >= 0.6 is 0 Å². The molecule has 0 bridgehead atoms. The van der Waals surface area contributed by atoms with Gasteiger partial charge in [-0.05, 0) is 18.6 Å². The second kappa shape index (κ2) is 5.82. The molecular formula is C15H16F2N4O. The van der Waals surface area contributed by atoms with Crippen LogP contribution in [0.3, 0.4) is 0 Å². The second-order valence-corrected chi connectivity index (χ2v) is 5.47. The molecule has 22 heavy (non-hydrogen) atoms. The number of amides is 1. The van der Waals surface area contributed by atoms with Crippen LogP contribution < -0.4 is 5.32 Å². The Labute approximate surface area is 126 Å². The van der Waals surface area contributed by atoms with Gasteiger partial charge in [0.1, 0.15) is 6.33 Å². The predicted octanol–water partition coefficient (Wildman–Crippen LogP) is 2.32. The molecule has 1 fully saturated rings. The highest BCUT2D eigenvalue weighted by molar-refractivity contribution is 5.79. The number of rotatable bonds is 4. The lowest BCUT2D eigenvalue weighted by atomic mass is 10.1. The summed E-state index contributed by atoms with van der Waals surface area (Å²) in [6, 6.07) is 9.46. The van der Waals surface area contributed by atoms with Crippen LogP contribution in [0.5, 0.6) is 0 Å². The lowest BCUT2D eigenvalue weighted by Gasteiger charge is -2.12. The maximum Gasteiger partial charge on any atom is 0.248 e. The summed E-state index contributed by atoms with van der Waals surface area (Å²) in [7, 11) is 0. The molecule has 1 aromatic carbocycles. The van der Waals surface area contributed by atoms with E-state index in [4.69, 9.17) is 0 Å². The summed E-state index contributed by atoms with van der Waals surface area (Å²) >= 11 is 0. The fourth-order valence-corrected chi connectivity index (χ4v) is 2.67. The van der Waals surface area contributed by atoms with Gasteiger partial charge in [0.2, 0.25) is 11.8 Å². The molecule has 116 valence electrons. The van der Waals surface area contributed by atoms with Crippen molar-refractivity contribution < 1.29 is 13.6 Å². The highest BCUT2D eigenvalue weighted by Crippen LogP contribution is 2.38. The van der Waals surface area contributed by atoms with Crippen molar-refractivity contribution in [1.82, 2.24) is 20.1 Å². The summed E-state index contributed by atoms with van der Waals surface area (Å²) in [6.07, 6.45) is 1.19. The van der Waals surface area contributed by atoms with Crippen LogP contribution in [0.25, 0.3) is 5.69 Å². The third kappa shape index (κ3) is 3.13. The minimum atomic E-state index is -2.72. The van der Waals surface area contributed by atoms with Crippen molar-refractivity contribution in [3.63, 3.8) is 0 Å². The highest BCUT2D eigenvalue weighted by Gasteiger charge is 2.42. The number of alkyl halides is 2. The molecule has 1 N–H and O–H groups in total. The van der Waals surface area contributed by atoms with Gasteiger partial charge >= 0.3 is 0 Å². The van der Waals surface area contributed by atoms with Crippen molar-refractivity contribution in [2.24, 2.45) is 5.92 Å². The van der Waals surface area contributed by atoms with Gasteiger partial charge < -0.3 is 5.32 Å². The number of nitrogens with one attached hydrogen (secondary N) is 1. The van der Waals surface area contributed by atoms with E-state index < -0.39 is 11.8 Å². The first-order valence-electron chi connectivity index (χ1n) is 7.15. The van der Waals surface area contributed by atoms with Gasteiger partial charge in [-0.25, -0.2) is 8.78 Å². The first kappa shape index (κ1) is 14.6. The van der Waals surface area contributed by atoms with E-state index in [9.17, 15) is 13.6 Å². The van der Waals surface area contributed by atoms with Crippen LogP contribution in [0.4, 0.5) is 8.78 Å². The number of halogens is 2. The Balaban J connectivity index is 1.63. The Hall–Kier alpha value is -2.31. The average Bonchev–Trinajstić information content (AvgIpc) is 3.12. The molecule has 1 aliphatic rings. The molecule has 1 saturated carbocycles. The first-order chi connectivity index (χ1) is 10.6. The first-order valence-corrected chi connectivity index (χ1v) is 7.15. The number of hydrogen-bond donors (Lipinski definition) is 1. The fraction of sp³-hybridized carbons (Fsp3) is 0.400. The van der Waals surface area contributed by atoms with Crippen molar-refractivity contribution in [3.8, 4) is 5.69 Å². The SMILES string of the molecule is O=C(NCc1nncn1-c1ccccc1)C1CCC(F)(F)C1. The minimum Gasteiger partial charge on any atom is -0.349 e. The highest BCUT2D eigenvalue weighted by atomic mass is 19.3. The third-order valence-corrected chi connectivity index (χ3v) is 3.85. The number of carbonyl (C=O) groups excluding carboxylic acids is 1. The molecular weight excluding hydrogens is 290 g/mol. The van der Waals surface area contributed by atoms with E-state index in [0.29, 0.717) is 5.82 Å². The number of benzene rings is 1. The summed E-state index contributed by atoms with van der Waals surface area (Å²) in [4.78, 5) is 12.0. The Morgan fingerprint density at radius 2 is 2.14 bits per heavy atom. The van der Waals surface area contributed by atoms with E-state index in [1.165, 1.54) is 0 Å². The summed E-state index contributed by atoms with van der Waals surface area (Å²) in [6.45, 7) is 0.162. The predicted molar refractivity (Wildman–Crippen MR) is 75.5 cm³/mol. The van der Waals surface area contributed by atoms with E-state index in [-0.39, 0.29) is 31.7 Å². The molecule has 0 radical (unpaired) electrons. The topological polar surface area (TPSA) is 59.8 Å². The molecule has 7 heteroatoms. The van der Waals surface area contributed by atoms with Crippen molar-refractivity contribution in [1.29, 1.82) is 0 Å². The zero-order valence-electron chi connectivity index (χ0n) is 11.9. The normalized spacial score (nSPS) is 20.0. The van der Waals surface area contributed by atoms with Crippen LogP contribution in [0.2, 0.25) is 0 Å². The summed E-state index contributed by atoms with van der Waals surface area (Å²) in [5.41, 5.74) is 0.879. The van der Waals surface area contributed by atoms with E-state index in [2.05, 4.69) is 15.5 Å². The standard InChI is InChI=1S/C15H16F2N4O/c16-15(17)7-6-11(8-15)14(22)18-9-13-20-19-10-21(13)12-4-2-1-3-5-12/h1-5,10-11H,6-9H2,(H,18,22). The number of para-hydroxylation sites is 1. The van der Waals surface area contributed by atoms with Crippen molar-refractivity contribution in [3.05, 3.63) is 42.5 Å². The van der Waals surface area contributed by atoms with E-state index in [0.717, 1.165) is 5.69 Å². The maximum atomic E-state index is 13.1. The van der Waals surface area contributed by atoms with E-state index in [1.54, 1.807) is 10.9 Å². The molecule has 1 aromatic heterocycles. The average molecular weight is 306 g/mol. The van der Waals surface area contributed by atoms with Crippen molar-refractivity contribution in [2.75, 3.05) is 0 Å². The lowest BCUT2D eigenvalue weighted by Crippen LogP contribution is -2.30. The van der Waals surface area contributed by atoms with Gasteiger partial charge in [0.05, 0.1) is 6.54 Å². The minimum absolute atomic E-state index is 0.162. The smallest absolute Gasteiger partial charge is 0.248 e. The van der Waals surface area contributed by atoms with Crippen LogP contribution in [0, 0.1) is 5.92 Å². The van der Waals surface area contributed by atoms with E-state index in [1.807, 2.05) is 30.3 Å². The molecule has 0 spiro atoms. The van der Waals surface area contributed by atoms with Crippen LogP contribution in [0.15, 0.2) is 36.7 Å². The summed E-state index contributed by atoms with van der Waals surface area (Å²) < 4.78 is 28.0. The Morgan fingerprint density at radius 1 is 1.36 bits per heavy atom. The van der Waals surface area contributed by atoms with Gasteiger partial charge in [0, 0.05) is 24.4 Å². The lowest BCUT2D eigenvalue weighted by molar-refractivity contribution is -0.126. The summed E-state index contributed by atoms with van der Waals surface area (Å²) in [5, 5.41) is 10.5. The fourth-order valence-electron chi connectivity index (χ4n) is 2.67. The van der Waals surface area contributed by atoms with Crippen LogP contribution in [-0.2, 0) is 11.3 Å². The van der Waals surface area contributed by atoms with Gasteiger partial charge in [0.25, 0.3) is 0 Å². The Morgan fingerprint density at radius 3 is 2.82 bits per heavy atom. The molecule has 1 unspecified atom stereocenters. The maximum absolute atomic E-state index is 13.1. The number of aromatic nitrogens is 3. The number of carbonyl (C=O) groups is 1. The van der Waals surface area contributed by atoms with E-state index >= 15 is 0 Å². The van der Waals surface area contributed by atoms with Gasteiger partial charge in [-0.1, -0.05) is 18.2 Å². The molecule has 1 heterocycles. The quantitative estimate of drug-likeness (QED) is 0.943. The van der Waals surface area contributed by atoms with Gasteiger partial charge in [-0.2, -0.15) is 0 Å². The van der Waals surface area contributed by atoms with Crippen LogP contribution in [-0.4, -0.2) is 26.6 Å². The Bertz CT molecular complexity index is 657. The van der Waals surface area contributed by atoms with Gasteiger partial charge in [-0.3, -0.25) is 9.36 Å². The monoisotopic (exact) mass is 306 g/mol. The molecule has 1 aliphatic carbocycles. The number of hydrogen-bond acceptors (Lipinski definition) is 3. The van der Waals surface area contributed by atoms with Crippen LogP contribution in [0.1, 0.15) is 25.1 Å². The van der Waals surface area contributed by atoms with Crippen molar-refractivity contribution in [2.45, 2.75) is 31.7 Å². The summed E-state index contributed by atoms with van der Waals surface area (Å²) in [5.74, 6) is -3.13.